The summed E-state index contributed by atoms with van der Waals surface area (Å²) in [5.74, 6) is -0.955. The van der Waals surface area contributed by atoms with Gasteiger partial charge in [-0.3, -0.25) is 9.59 Å². The number of nitrogens with one attached hydrogen (secondary N) is 2. The van der Waals surface area contributed by atoms with Gasteiger partial charge < -0.3 is 5.32 Å². The van der Waals surface area contributed by atoms with Gasteiger partial charge in [0.05, 0.1) is 16.8 Å². The molecule has 2 aromatic rings. The summed E-state index contributed by atoms with van der Waals surface area (Å²) in [5.41, 5.74) is 3.55. The molecule has 0 aliphatic rings. The summed E-state index contributed by atoms with van der Waals surface area (Å²) in [6.07, 6.45) is 1.50. The van der Waals surface area contributed by atoms with Crippen molar-refractivity contribution in [2.75, 3.05) is 0 Å². The van der Waals surface area contributed by atoms with Crippen molar-refractivity contribution >= 4 is 41.2 Å². The van der Waals surface area contributed by atoms with Crippen molar-refractivity contribution in [2.24, 2.45) is 11.0 Å². The zero-order valence-electron chi connectivity index (χ0n) is 14.4. The van der Waals surface area contributed by atoms with Crippen LogP contribution in [0.4, 0.5) is 0 Å². The van der Waals surface area contributed by atoms with Crippen molar-refractivity contribution in [2.45, 2.75) is 19.9 Å². The maximum Gasteiger partial charge on any atom is 0.262 e. The van der Waals surface area contributed by atoms with Crippen LogP contribution in [0.2, 0.25) is 10.0 Å². The molecule has 5 nitrogen and oxygen atoms in total. The minimum absolute atomic E-state index is 0.132. The van der Waals surface area contributed by atoms with E-state index in [1.807, 2.05) is 13.8 Å². The molecular weight excluding hydrogens is 373 g/mol. The Bertz CT molecular complexity index is 805. The first-order valence-electron chi connectivity index (χ1n) is 8.02. The van der Waals surface area contributed by atoms with Gasteiger partial charge in [0, 0.05) is 5.02 Å². The predicted octanol–water partition coefficient (Wildman–Crippen LogP) is 3.90. The zero-order valence-corrected chi connectivity index (χ0v) is 15.9. The first-order chi connectivity index (χ1) is 12.4. The van der Waals surface area contributed by atoms with Gasteiger partial charge in [0.15, 0.2) is 0 Å². The third-order valence-corrected chi connectivity index (χ3v) is 4.19. The lowest BCUT2D eigenvalue weighted by Crippen LogP contribution is -2.48. The van der Waals surface area contributed by atoms with Gasteiger partial charge in [-0.1, -0.05) is 61.3 Å². The largest absolute Gasteiger partial charge is 0.340 e. The number of carbonyl (C=O) groups excluding carboxylic acids is 2. The number of benzene rings is 2. The molecule has 1 atom stereocenters. The van der Waals surface area contributed by atoms with Crippen molar-refractivity contribution in [1.82, 2.24) is 10.7 Å². The summed E-state index contributed by atoms with van der Waals surface area (Å²) < 4.78 is 0. The van der Waals surface area contributed by atoms with Crippen LogP contribution >= 0.6 is 23.2 Å². The standard InChI is InChI=1S/C19H19Cl2N3O2/c1-12(2)17(23-18(25)15-5-3-4-6-16(15)21)19(26)24-22-11-13-7-9-14(20)10-8-13/h3-12,17H,1-2H3,(H,23,25)(H,24,26)/b22-11+. The molecule has 2 N–H and O–H groups in total. The molecule has 1 unspecified atom stereocenters. The van der Waals surface area contributed by atoms with E-state index in [2.05, 4.69) is 15.8 Å². The van der Waals surface area contributed by atoms with Crippen LogP contribution in [0.15, 0.2) is 53.6 Å². The minimum atomic E-state index is -0.749. The van der Waals surface area contributed by atoms with Crippen LogP contribution in [0.3, 0.4) is 0 Å². The molecule has 0 radical (unpaired) electrons. The number of hydrazone groups is 1. The van der Waals surface area contributed by atoms with Crippen LogP contribution in [0.5, 0.6) is 0 Å². The molecule has 0 aliphatic carbocycles. The fraction of sp³-hybridized carbons (Fsp3) is 0.211. The predicted molar refractivity (Wildman–Crippen MR) is 105 cm³/mol. The second-order valence-corrected chi connectivity index (χ2v) is 6.80. The van der Waals surface area contributed by atoms with Gasteiger partial charge in [-0.05, 0) is 35.7 Å². The number of amides is 2. The first-order valence-corrected chi connectivity index (χ1v) is 8.78. The number of nitrogens with zero attached hydrogens (tertiary/aromatic N) is 1. The van der Waals surface area contributed by atoms with E-state index in [4.69, 9.17) is 23.2 Å². The SMILES string of the molecule is CC(C)C(NC(=O)c1ccccc1Cl)C(=O)N/N=C/c1ccc(Cl)cc1. The first kappa shape index (κ1) is 19.9. The Labute approximate surface area is 162 Å². The summed E-state index contributed by atoms with van der Waals surface area (Å²) in [6, 6.07) is 12.9. The summed E-state index contributed by atoms with van der Waals surface area (Å²) >= 11 is 11.8. The molecule has 0 bridgehead atoms. The molecule has 2 rings (SSSR count). The van der Waals surface area contributed by atoms with E-state index < -0.39 is 17.9 Å². The summed E-state index contributed by atoms with van der Waals surface area (Å²) in [4.78, 5) is 24.8. The highest BCUT2D eigenvalue weighted by Gasteiger charge is 2.25. The number of hydrogen-bond acceptors (Lipinski definition) is 3. The maximum absolute atomic E-state index is 12.4. The van der Waals surface area contributed by atoms with E-state index in [0.717, 1.165) is 5.56 Å². The molecule has 26 heavy (non-hydrogen) atoms. The van der Waals surface area contributed by atoms with Crippen molar-refractivity contribution in [3.63, 3.8) is 0 Å². The van der Waals surface area contributed by atoms with E-state index in [0.29, 0.717) is 15.6 Å². The van der Waals surface area contributed by atoms with Crippen molar-refractivity contribution in [3.8, 4) is 0 Å². The van der Waals surface area contributed by atoms with E-state index in [9.17, 15) is 9.59 Å². The second-order valence-electron chi connectivity index (χ2n) is 5.96. The molecular formula is C19H19Cl2N3O2. The Hall–Kier alpha value is -2.37. The topological polar surface area (TPSA) is 70.6 Å². The average molecular weight is 392 g/mol. The van der Waals surface area contributed by atoms with E-state index in [-0.39, 0.29) is 5.92 Å². The van der Waals surface area contributed by atoms with Crippen molar-refractivity contribution < 1.29 is 9.59 Å². The second kappa shape index (κ2) is 9.36. The lowest BCUT2D eigenvalue weighted by atomic mass is 10.0. The van der Waals surface area contributed by atoms with Gasteiger partial charge in [-0.2, -0.15) is 5.10 Å². The third kappa shape index (κ3) is 5.58. The third-order valence-electron chi connectivity index (χ3n) is 3.61. The van der Waals surface area contributed by atoms with Crippen LogP contribution in [0.1, 0.15) is 29.8 Å². The number of halogens is 2. The average Bonchev–Trinajstić information content (AvgIpc) is 2.61. The van der Waals surface area contributed by atoms with Gasteiger partial charge in [0.2, 0.25) is 0 Å². The number of hydrogen-bond donors (Lipinski definition) is 2. The van der Waals surface area contributed by atoms with Gasteiger partial charge >= 0.3 is 0 Å². The van der Waals surface area contributed by atoms with Crippen LogP contribution in [0.25, 0.3) is 0 Å². The van der Waals surface area contributed by atoms with Crippen LogP contribution in [-0.4, -0.2) is 24.1 Å². The molecule has 0 aliphatic heterocycles. The summed E-state index contributed by atoms with van der Waals surface area (Å²) in [7, 11) is 0. The van der Waals surface area contributed by atoms with Crippen molar-refractivity contribution in [1.29, 1.82) is 0 Å². The zero-order chi connectivity index (χ0) is 19.1. The summed E-state index contributed by atoms with van der Waals surface area (Å²) in [6.45, 7) is 3.67. The Balaban J connectivity index is 2.02. The Morgan fingerprint density at radius 2 is 1.69 bits per heavy atom. The van der Waals surface area contributed by atoms with Gasteiger partial charge in [0.25, 0.3) is 11.8 Å². The maximum atomic E-state index is 12.4. The molecule has 0 saturated heterocycles. The molecule has 7 heteroatoms. The van der Waals surface area contributed by atoms with Crippen LogP contribution < -0.4 is 10.7 Å². The Morgan fingerprint density at radius 3 is 2.31 bits per heavy atom. The molecule has 0 aromatic heterocycles. The van der Waals surface area contributed by atoms with Gasteiger partial charge in [-0.25, -0.2) is 5.43 Å². The molecule has 0 heterocycles. The number of carbonyl (C=O) groups is 2. The van der Waals surface area contributed by atoms with Gasteiger partial charge in [-0.15, -0.1) is 0 Å². The Kier molecular flexibility index (Phi) is 7.18. The monoisotopic (exact) mass is 391 g/mol. The quantitative estimate of drug-likeness (QED) is 0.578. The van der Waals surface area contributed by atoms with E-state index in [1.54, 1.807) is 48.5 Å². The van der Waals surface area contributed by atoms with Crippen LogP contribution in [-0.2, 0) is 4.79 Å². The Morgan fingerprint density at radius 1 is 1.04 bits per heavy atom. The summed E-state index contributed by atoms with van der Waals surface area (Å²) in [5, 5.41) is 7.58. The lowest BCUT2D eigenvalue weighted by Gasteiger charge is -2.20. The highest BCUT2D eigenvalue weighted by atomic mass is 35.5. The molecule has 0 saturated carbocycles. The lowest BCUT2D eigenvalue weighted by molar-refractivity contribution is -0.123. The molecule has 2 aromatic carbocycles. The van der Waals surface area contributed by atoms with E-state index in [1.165, 1.54) is 6.21 Å². The fourth-order valence-electron chi connectivity index (χ4n) is 2.19. The normalized spacial score (nSPS) is 12.2. The molecule has 2 amide bonds. The van der Waals surface area contributed by atoms with Crippen molar-refractivity contribution in [3.05, 3.63) is 69.7 Å². The minimum Gasteiger partial charge on any atom is -0.340 e. The number of rotatable bonds is 6. The molecule has 136 valence electrons. The highest BCUT2D eigenvalue weighted by molar-refractivity contribution is 6.33. The molecule has 0 spiro atoms. The fourth-order valence-corrected chi connectivity index (χ4v) is 2.54. The highest BCUT2D eigenvalue weighted by Crippen LogP contribution is 2.15. The van der Waals surface area contributed by atoms with Gasteiger partial charge in [0.1, 0.15) is 6.04 Å². The van der Waals surface area contributed by atoms with E-state index >= 15 is 0 Å². The smallest absolute Gasteiger partial charge is 0.262 e. The molecule has 0 fully saturated rings. The van der Waals surface area contributed by atoms with Crippen LogP contribution in [0, 0.1) is 5.92 Å².